The molecule has 0 fully saturated rings. The van der Waals surface area contributed by atoms with E-state index in [0.29, 0.717) is 0 Å². The van der Waals surface area contributed by atoms with Crippen LogP contribution in [0.5, 0.6) is 0 Å². The molecule has 0 unspecified atom stereocenters. The Hall–Kier alpha value is -0.870. The number of halogens is 1. The van der Waals surface area contributed by atoms with E-state index in [9.17, 15) is 0 Å². The second-order valence-corrected chi connectivity index (χ2v) is 4.75. The average molecular weight is 269 g/mol. The third kappa shape index (κ3) is 2.13. The lowest BCUT2D eigenvalue weighted by Crippen LogP contribution is -1.91. The average Bonchev–Trinajstić information content (AvgIpc) is 2.56. The van der Waals surface area contributed by atoms with E-state index in [4.69, 9.17) is 0 Å². The Bertz CT molecular complexity index is 422. The number of hydrogen-bond donors (Lipinski definition) is 1. The molecule has 4 heteroatoms. The summed E-state index contributed by atoms with van der Waals surface area (Å²) in [5.74, 6) is 0.874. The smallest absolute Gasteiger partial charge is 0.130 e. The van der Waals surface area contributed by atoms with Crippen LogP contribution in [-0.2, 0) is 0 Å². The van der Waals surface area contributed by atoms with Gasteiger partial charge in [-0.05, 0) is 52.0 Å². The SMILES string of the molecule is Cc1ccsc1Nc1ccc(Br)cn1. The normalized spacial score (nSPS) is 10.1. The number of nitrogens with zero attached hydrogens (tertiary/aromatic N) is 1. The molecule has 2 nitrogen and oxygen atoms in total. The lowest BCUT2D eigenvalue weighted by Gasteiger charge is -2.03. The Balaban J connectivity index is 2.19. The topological polar surface area (TPSA) is 24.9 Å². The first-order valence-corrected chi connectivity index (χ1v) is 5.85. The fraction of sp³-hybridized carbons (Fsp3) is 0.100. The molecule has 2 aromatic rings. The van der Waals surface area contributed by atoms with Gasteiger partial charge in [0.25, 0.3) is 0 Å². The Morgan fingerprint density at radius 1 is 1.36 bits per heavy atom. The Labute approximate surface area is 95.1 Å². The molecule has 2 rings (SSSR count). The monoisotopic (exact) mass is 268 g/mol. The van der Waals surface area contributed by atoms with E-state index in [1.54, 1.807) is 17.5 Å². The first kappa shape index (κ1) is 9.68. The summed E-state index contributed by atoms with van der Waals surface area (Å²) >= 11 is 5.04. The quantitative estimate of drug-likeness (QED) is 0.892. The number of nitrogens with one attached hydrogen (secondary N) is 1. The van der Waals surface area contributed by atoms with Crippen LogP contribution in [-0.4, -0.2) is 4.98 Å². The molecule has 2 heterocycles. The van der Waals surface area contributed by atoms with Gasteiger partial charge in [-0.15, -0.1) is 11.3 Å². The number of thiophene rings is 1. The predicted molar refractivity (Wildman–Crippen MR) is 64.3 cm³/mol. The zero-order chi connectivity index (χ0) is 9.97. The molecular weight excluding hydrogens is 260 g/mol. The highest BCUT2D eigenvalue weighted by Crippen LogP contribution is 2.25. The number of rotatable bonds is 2. The molecule has 14 heavy (non-hydrogen) atoms. The van der Waals surface area contributed by atoms with Crippen molar-refractivity contribution in [2.75, 3.05) is 5.32 Å². The molecule has 0 radical (unpaired) electrons. The Morgan fingerprint density at radius 2 is 2.21 bits per heavy atom. The molecule has 0 aromatic carbocycles. The molecule has 1 N–H and O–H groups in total. The van der Waals surface area contributed by atoms with Crippen molar-refractivity contribution in [2.45, 2.75) is 6.92 Å². The third-order valence-electron chi connectivity index (χ3n) is 1.83. The maximum Gasteiger partial charge on any atom is 0.130 e. The molecule has 0 spiro atoms. The van der Waals surface area contributed by atoms with Gasteiger partial charge >= 0.3 is 0 Å². The number of aromatic nitrogens is 1. The summed E-state index contributed by atoms with van der Waals surface area (Å²) in [6.45, 7) is 2.08. The molecule has 0 aliphatic heterocycles. The third-order valence-corrected chi connectivity index (χ3v) is 3.23. The highest BCUT2D eigenvalue weighted by Gasteiger charge is 2.00. The van der Waals surface area contributed by atoms with E-state index in [1.165, 1.54) is 5.56 Å². The van der Waals surface area contributed by atoms with Gasteiger partial charge in [-0.1, -0.05) is 0 Å². The van der Waals surface area contributed by atoms with Gasteiger partial charge in [0.05, 0.1) is 5.00 Å². The molecule has 0 saturated heterocycles. The van der Waals surface area contributed by atoms with Crippen molar-refractivity contribution in [2.24, 2.45) is 0 Å². The van der Waals surface area contributed by atoms with Crippen LogP contribution in [0.2, 0.25) is 0 Å². The molecule has 0 aliphatic rings. The summed E-state index contributed by atoms with van der Waals surface area (Å²) in [7, 11) is 0. The van der Waals surface area contributed by atoms with Crippen molar-refractivity contribution in [1.82, 2.24) is 4.98 Å². The number of anilines is 2. The van der Waals surface area contributed by atoms with E-state index in [-0.39, 0.29) is 0 Å². The van der Waals surface area contributed by atoms with Crippen LogP contribution >= 0.6 is 27.3 Å². The zero-order valence-corrected chi connectivity index (χ0v) is 10.0. The summed E-state index contributed by atoms with van der Waals surface area (Å²) in [4.78, 5) is 4.24. The summed E-state index contributed by atoms with van der Waals surface area (Å²) in [6, 6.07) is 6.01. The van der Waals surface area contributed by atoms with Crippen LogP contribution < -0.4 is 5.32 Å². The van der Waals surface area contributed by atoms with Gasteiger partial charge < -0.3 is 5.32 Å². The van der Waals surface area contributed by atoms with Crippen molar-refractivity contribution in [3.63, 3.8) is 0 Å². The fourth-order valence-corrected chi connectivity index (χ4v) is 2.13. The number of aryl methyl sites for hydroxylation is 1. The van der Waals surface area contributed by atoms with E-state index in [2.05, 4.69) is 44.6 Å². The standard InChI is InChI=1S/C10H9BrN2S/c1-7-4-5-14-10(7)13-9-3-2-8(11)6-12-9/h2-6H,1H3,(H,12,13). The largest absolute Gasteiger partial charge is 0.332 e. The van der Waals surface area contributed by atoms with Crippen LogP contribution in [0, 0.1) is 6.92 Å². The van der Waals surface area contributed by atoms with Crippen LogP contribution in [0.1, 0.15) is 5.56 Å². The van der Waals surface area contributed by atoms with E-state index in [0.717, 1.165) is 15.3 Å². The first-order chi connectivity index (χ1) is 6.75. The fourth-order valence-electron chi connectivity index (χ4n) is 1.07. The molecule has 0 saturated carbocycles. The summed E-state index contributed by atoms with van der Waals surface area (Å²) in [5.41, 5.74) is 1.25. The van der Waals surface area contributed by atoms with E-state index < -0.39 is 0 Å². The van der Waals surface area contributed by atoms with Crippen LogP contribution in [0.4, 0.5) is 10.8 Å². The summed E-state index contributed by atoms with van der Waals surface area (Å²) in [6.07, 6.45) is 1.78. The number of pyridine rings is 1. The van der Waals surface area contributed by atoms with Gasteiger partial charge in [-0.25, -0.2) is 4.98 Å². The second-order valence-electron chi connectivity index (χ2n) is 2.92. The van der Waals surface area contributed by atoms with Crippen molar-refractivity contribution < 1.29 is 0 Å². The van der Waals surface area contributed by atoms with Crippen molar-refractivity contribution in [1.29, 1.82) is 0 Å². The second kappa shape index (κ2) is 4.11. The predicted octanol–water partition coefficient (Wildman–Crippen LogP) is 3.96. The van der Waals surface area contributed by atoms with Gasteiger partial charge in [0.15, 0.2) is 0 Å². The minimum Gasteiger partial charge on any atom is -0.332 e. The van der Waals surface area contributed by atoms with E-state index in [1.807, 2.05) is 12.1 Å². The zero-order valence-electron chi connectivity index (χ0n) is 7.62. The molecule has 0 atom stereocenters. The maximum absolute atomic E-state index is 4.24. The van der Waals surface area contributed by atoms with Gasteiger partial charge in [-0.3, -0.25) is 0 Å². The molecule has 0 aliphatic carbocycles. The van der Waals surface area contributed by atoms with Crippen LogP contribution in [0.15, 0.2) is 34.2 Å². The minimum atomic E-state index is 0.874. The van der Waals surface area contributed by atoms with E-state index >= 15 is 0 Å². The Kier molecular flexibility index (Phi) is 2.84. The minimum absolute atomic E-state index is 0.874. The Morgan fingerprint density at radius 3 is 2.79 bits per heavy atom. The lowest BCUT2D eigenvalue weighted by atomic mass is 10.3. The van der Waals surface area contributed by atoms with Gasteiger partial charge in [0.2, 0.25) is 0 Å². The summed E-state index contributed by atoms with van der Waals surface area (Å²) in [5, 5.41) is 6.48. The lowest BCUT2D eigenvalue weighted by molar-refractivity contribution is 1.29. The molecule has 2 aromatic heterocycles. The molecule has 0 bridgehead atoms. The number of hydrogen-bond acceptors (Lipinski definition) is 3. The van der Waals surface area contributed by atoms with Gasteiger partial charge in [-0.2, -0.15) is 0 Å². The highest BCUT2D eigenvalue weighted by atomic mass is 79.9. The van der Waals surface area contributed by atoms with Crippen LogP contribution in [0.3, 0.4) is 0 Å². The molecular formula is C10H9BrN2S. The van der Waals surface area contributed by atoms with Gasteiger partial charge in [0.1, 0.15) is 5.82 Å². The first-order valence-electron chi connectivity index (χ1n) is 4.18. The van der Waals surface area contributed by atoms with Gasteiger partial charge in [0, 0.05) is 10.7 Å². The highest BCUT2D eigenvalue weighted by molar-refractivity contribution is 9.10. The molecule has 72 valence electrons. The summed E-state index contributed by atoms with van der Waals surface area (Å²) < 4.78 is 0.992. The van der Waals surface area contributed by atoms with Crippen LogP contribution in [0.25, 0.3) is 0 Å². The van der Waals surface area contributed by atoms with Crippen molar-refractivity contribution >= 4 is 38.1 Å². The molecule has 0 amide bonds. The van der Waals surface area contributed by atoms with Crippen molar-refractivity contribution in [3.05, 3.63) is 39.8 Å². The maximum atomic E-state index is 4.24. The van der Waals surface area contributed by atoms with Crippen molar-refractivity contribution in [3.8, 4) is 0 Å².